The third kappa shape index (κ3) is 5.24. The first kappa shape index (κ1) is 21.7. The lowest BCUT2D eigenvalue weighted by molar-refractivity contribution is 0.0600. The van der Waals surface area contributed by atoms with Crippen LogP contribution in [0.3, 0.4) is 0 Å². The number of hydrogen-bond donors (Lipinski definition) is 1. The highest BCUT2D eigenvalue weighted by atomic mass is 32.2. The van der Waals surface area contributed by atoms with E-state index in [0.717, 1.165) is 5.56 Å². The van der Waals surface area contributed by atoms with E-state index in [9.17, 15) is 13.2 Å². The summed E-state index contributed by atoms with van der Waals surface area (Å²) in [7, 11) is -2.61. The molecule has 0 saturated carbocycles. The van der Waals surface area contributed by atoms with Gasteiger partial charge in [0.2, 0.25) is 10.0 Å². The molecular formula is C20H25NO6S. The minimum atomic E-state index is -3.85. The van der Waals surface area contributed by atoms with Gasteiger partial charge in [-0.1, -0.05) is 12.1 Å². The summed E-state index contributed by atoms with van der Waals surface area (Å²) in [6.45, 7) is 6.43. The Hall–Kier alpha value is -2.58. The van der Waals surface area contributed by atoms with Crippen LogP contribution in [-0.2, 0) is 14.8 Å². The number of hydrogen-bond acceptors (Lipinski definition) is 6. The van der Waals surface area contributed by atoms with Crippen LogP contribution in [-0.4, -0.2) is 34.7 Å². The molecule has 0 fully saturated rings. The quantitative estimate of drug-likeness (QED) is 0.642. The molecule has 2 aromatic carbocycles. The van der Waals surface area contributed by atoms with Crippen LogP contribution in [0.5, 0.6) is 11.5 Å². The van der Waals surface area contributed by atoms with Crippen molar-refractivity contribution in [3.63, 3.8) is 0 Å². The first-order valence-electron chi connectivity index (χ1n) is 8.92. The van der Waals surface area contributed by atoms with Crippen molar-refractivity contribution in [2.45, 2.75) is 31.7 Å². The van der Waals surface area contributed by atoms with Crippen LogP contribution in [0.25, 0.3) is 0 Å². The van der Waals surface area contributed by atoms with Gasteiger partial charge in [-0.2, -0.15) is 0 Å². The van der Waals surface area contributed by atoms with Crippen LogP contribution < -0.4 is 14.2 Å². The third-order valence-electron chi connectivity index (χ3n) is 3.96. The molecule has 0 aliphatic rings. The molecule has 2 aromatic rings. The van der Waals surface area contributed by atoms with E-state index in [-0.39, 0.29) is 10.5 Å². The van der Waals surface area contributed by atoms with E-state index in [0.29, 0.717) is 24.7 Å². The van der Waals surface area contributed by atoms with Crippen LogP contribution in [0.2, 0.25) is 0 Å². The summed E-state index contributed by atoms with van der Waals surface area (Å²) in [4.78, 5) is 11.6. The Kier molecular flexibility index (Phi) is 7.42. The summed E-state index contributed by atoms with van der Waals surface area (Å²) in [6, 6.07) is 10.5. The second-order valence-corrected chi connectivity index (χ2v) is 7.65. The molecule has 1 unspecified atom stereocenters. The number of carbonyl (C=O) groups is 1. The first-order chi connectivity index (χ1) is 13.3. The van der Waals surface area contributed by atoms with Gasteiger partial charge in [-0.3, -0.25) is 0 Å². The standard InChI is InChI=1S/C20H25NO6S/c1-5-26-18-11-10-15(13-19(18)27-6-2)14(3)21-28(23,24)17-9-7-8-16(12-17)20(22)25-4/h7-14,21H,5-6H2,1-4H3. The molecule has 0 aromatic heterocycles. The minimum absolute atomic E-state index is 0.0155. The lowest BCUT2D eigenvalue weighted by atomic mass is 10.1. The first-order valence-corrected chi connectivity index (χ1v) is 10.4. The van der Waals surface area contributed by atoms with Gasteiger partial charge in [0.1, 0.15) is 0 Å². The van der Waals surface area contributed by atoms with Crippen molar-refractivity contribution >= 4 is 16.0 Å². The summed E-state index contributed by atoms with van der Waals surface area (Å²) in [5, 5.41) is 0. The van der Waals surface area contributed by atoms with Crippen molar-refractivity contribution in [2.24, 2.45) is 0 Å². The molecule has 0 bridgehead atoms. The predicted molar refractivity (Wildman–Crippen MR) is 105 cm³/mol. The Morgan fingerprint density at radius 1 is 1.04 bits per heavy atom. The molecule has 152 valence electrons. The summed E-state index contributed by atoms with van der Waals surface area (Å²) < 4.78 is 43.9. The maximum Gasteiger partial charge on any atom is 0.337 e. The number of ether oxygens (including phenoxy) is 3. The molecule has 0 amide bonds. The SMILES string of the molecule is CCOc1ccc(C(C)NS(=O)(=O)c2cccc(C(=O)OC)c2)cc1OCC. The van der Waals surface area contributed by atoms with E-state index in [1.54, 1.807) is 25.1 Å². The Morgan fingerprint density at radius 3 is 2.36 bits per heavy atom. The van der Waals surface area contributed by atoms with Gasteiger partial charge in [0.25, 0.3) is 0 Å². The van der Waals surface area contributed by atoms with Gasteiger partial charge in [-0.15, -0.1) is 0 Å². The number of carbonyl (C=O) groups excluding carboxylic acids is 1. The van der Waals surface area contributed by atoms with Crippen LogP contribution >= 0.6 is 0 Å². The lowest BCUT2D eigenvalue weighted by Gasteiger charge is -2.18. The van der Waals surface area contributed by atoms with E-state index >= 15 is 0 Å². The number of esters is 1. The lowest BCUT2D eigenvalue weighted by Crippen LogP contribution is -2.27. The number of sulfonamides is 1. The highest BCUT2D eigenvalue weighted by Gasteiger charge is 2.21. The topological polar surface area (TPSA) is 90.9 Å². The highest BCUT2D eigenvalue weighted by molar-refractivity contribution is 7.89. The van der Waals surface area contributed by atoms with Crippen molar-refractivity contribution in [2.75, 3.05) is 20.3 Å². The Morgan fingerprint density at radius 2 is 1.71 bits per heavy atom. The molecule has 0 radical (unpaired) electrons. The van der Waals surface area contributed by atoms with Crippen molar-refractivity contribution in [1.29, 1.82) is 0 Å². The second-order valence-electron chi connectivity index (χ2n) is 5.93. The molecule has 0 aliphatic heterocycles. The fourth-order valence-electron chi connectivity index (χ4n) is 2.61. The van der Waals surface area contributed by atoms with E-state index in [4.69, 9.17) is 9.47 Å². The predicted octanol–water partition coefficient (Wildman–Crippen LogP) is 3.31. The zero-order chi connectivity index (χ0) is 20.7. The molecule has 0 saturated heterocycles. The van der Waals surface area contributed by atoms with E-state index in [1.165, 1.54) is 31.4 Å². The zero-order valence-corrected chi connectivity index (χ0v) is 17.2. The summed E-state index contributed by atoms with van der Waals surface area (Å²) in [5.41, 5.74) is 0.886. The van der Waals surface area contributed by atoms with Crippen molar-refractivity contribution in [3.8, 4) is 11.5 Å². The molecule has 28 heavy (non-hydrogen) atoms. The molecule has 2 rings (SSSR count). The molecule has 0 aliphatic carbocycles. The van der Waals surface area contributed by atoms with Crippen molar-refractivity contribution in [1.82, 2.24) is 4.72 Å². The average molecular weight is 407 g/mol. The molecule has 1 atom stereocenters. The van der Waals surface area contributed by atoms with E-state index in [2.05, 4.69) is 9.46 Å². The Bertz CT molecular complexity index is 926. The smallest absolute Gasteiger partial charge is 0.337 e. The third-order valence-corrected chi connectivity index (χ3v) is 5.50. The molecule has 0 heterocycles. The fourth-order valence-corrected chi connectivity index (χ4v) is 3.89. The van der Waals surface area contributed by atoms with Gasteiger partial charge in [0, 0.05) is 6.04 Å². The summed E-state index contributed by atoms with van der Waals surface area (Å²) in [5.74, 6) is 0.562. The molecule has 0 spiro atoms. The Balaban J connectivity index is 2.27. The molecule has 8 heteroatoms. The van der Waals surface area contributed by atoms with Crippen molar-refractivity contribution < 1.29 is 27.4 Å². The van der Waals surface area contributed by atoms with Crippen LogP contribution in [0.1, 0.15) is 42.7 Å². The average Bonchev–Trinajstić information content (AvgIpc) is 2.68. The van der Waals surface area contributed by atoms with Crippen LogP contribution in [0.4, 0.5) is 0 Å². The Labute approximate surface area is 165 Å². The van der Waals surface area contributed by atoms with Gasteiger partial charge < -0.3 is 14.2 Å². The maximum absolute atomic E-state index is 12.7. The van der Waals surface area contributed by atoms with Gasteiger partial charge in [-0.25, -0.2) is 17.9 Å². The van der Waals surface area contributed by atoms with Gasteiger partial charge in [0.15, 0.2) is 11.5 Å². The van der Waals surface area contributed by atoms with Gasteiger partial charge >= 0.3 is 5.97 Å². The molecule has 1 N–H and O–H groups in total. The number of benzene rings is 2. The normalized spacial score (nSPS) is 12.3. The highest BCUT2D eigenvalue weighted by Crippen LogP contribution is 2.31. The molecular weight excluding hydrogens is 382 g/mol. The van der Waals surface area contributed by atoms with Gasteiger partial charge in [-0.05, 0) is 56.7 Å². The van der Waals surface area contributed by atoms with E-state index in [1.807, 2.05) is 13.8 Å². The van der Waals surface area contributed by atoms with Gasteiger partial charge in [0.05, 0.1) is 30.8 Å². The number of methoxy groups -OCH3 is 1. The number of nitrogens with one attached hydrogen (secondary N) is 1. The monoisotopic (exact) mass is 407 g/mol. The molecule has 7 nitrogen and oxygen atoms in total. The van der Waals surface area contributed by atoms with Crippen LogP contribution in [0.15, 0.2) is 47.4 Å². The minimum Gasteiger partial charge on any atom is -0.490 e. The van der Waals surface area contributed by atoms with Crippen LogP contribution in [0, 0.1) is 0 Å². The number of rotatable bonds is 9. The second kappa shape index (κ2) is 9.57. The summed E-state index contributed by atoms with van der Waals surface area (Å²) in [6.07, 6.45) is 0. The fraction of sp³-hybridized carbons (Fsp3) is 0.350. The zero-order valence-electron chi connectivity index (χ0n) is 16.4. The van der Waals surface area contributed by atoms with Crippen molar-refractivity contribution in [3.05, 3.63) is 53.6 Å². The van der Waals surface area contributed by atoms with E-state index < -0.39 is 22.0 Å². The summed E-state index contributed by atoms with van der Waals surface area (Å²) >= 11 is 0. The maximum atomic E-state index is 12.7. The largest absolute Gasteiger partial charge is 0.490 e.